The number of nitrogens with zero attached hydrogens (tertiary/aromatic N) is 2. The highest BCUT2D eigenvalue weighted by Gasteiger charge is 2.03. The lowest BCUT2D eigenvalue weighted by atomic mass is 10.2. The van der Waals surface area contributed by atoms with E-state index in [9.17, 15) is 4.79 Å². The van der Waals surface area contributed by atoms with Crippen LogP contribution in [0, 0.1) is 0 Å². The van der Waals surface area contributed by atoms with Crippen molar-refractivity contribution in [2.45, 2.75) is 46.0 Å². The molecule has 0 unspecified atom stereocenters. The average Bonchev–Trinajstić information content (AvgIpc) is 2.38. The minimum absolute atomic E-state index is 0.131. The van der Waals surface area contributed by atoms with Crippen molar-refractivity contribution in [3.63, 3.8) is 0 Å². The molecule has 0 bridgehead atoms. The highest BCUT2D eigenvalue weighted by Crippen LogP contribution is 1.98. The van der Waals surface area contributed by atoms with Gasteiger partial charge in [-0.3, -0.25) is 9.79 Å². The number of carbonyl (C=O) groups excluding carboxylic acids is 1. The summed E-state index contributed by atoms with van der Waals surface area (Å²) in [6.45, 7) is 6.55. The minimum Gasteiger partial charge on any atom is -0.357 e. The lowest BCUT2D eigenvalue weighted by Gasteiger charge is -2.13. The molecule has 0 saturated heterocycles. The predicted molar refractivity (Wildman–Crippen MR) is 81.4 cm³/mol. The molecule has 112 valence electrons. The molecule has 0 aliphatic heterocycles. The van der Waals surface area contributed by atoms with E-state index >= 15 is 0 Å². The molecule has 0 heterocycles. The van der Waals surface area contributed by atoms with E-state index in [1.54, 1.807) is 19.0 Å². The van der Waals surface area contributed by atoms with Crippen LogP contribution >= 0.6 is 0 Å². The molecular formula is C14H30N4O. The number of nitrogens with one attached hydrogen (secondary N) is 2. The summed E-state index contributed by atoms with van der Waals surface area (Å²) in [4.78, 5) is 17.5. The summed E-state index contributed by atoms with van der Waals surface area (Å²) in [5, 5.41) is 6.38. The highest BCUT2D eigenvalue weighted by atomic mass is 16.2. The van der Waals surface area contributed by atoms with Crippen LogP contribution in [0.4, 0.5) is 0 Å². The van der Waals surface area contributed by atoms with Crippen molar-refractivity contribution in [2.24, 2.45) is 4.99 Å². The number of carbonyl (C=O) groups is 1. The van der Waals surface area contributed by atoms with Crippen LogP contribution in [0.3, 0.4) is 0 Å². The third-order valence-electron chi connectivity index (χ3n) is 2.76. The normalized spacial score (nSPS) is 11.3. The van der Waals surface area contributed by atoms with Crippen molar-refractivity contribution in [1.29, 1.82) is 0 Å². The van der Waals surface area contributed by atoms with E-state index in [4.69, 9.17) is 0 Å². The van der Waals surface area contributed by atoms with Gasteiger partial charge in [0, 0.05) is 40.2 Å². The highest BCUT2D eigenvalue weighted by molar-refractivity contribution is 5.81. The molecule has 2 N–H and O–H groups in total. The zero-order valence-electron chi connectivity index (χ0n) is 13.0. The van der Waals surface area contributed by atoms with Crippen molar-refractivity contribution < 1.29 is 4.79 Å². The van der Waals surface area contributed by atoms with Crippen molar-refractivity contribution in [3.05, 3.63) is 0 Å². The fraction of sp³-hybridized carbons (Fsp3) is 0.857. The number of unbranched alkanes of at least 4 members (excludes halogenated alkanes) is 3. The summed E-state index contributed by atoms with van der Waals surface area (Å²) in [5.41, 5.74) is 0. The fourth-order valence-corrected chi connectivity index (χ4v) is 1.58. The Kier molecular flexibility index (Phi) is 11.0. The molecule has 0 saturated carbocycles. The van der Waals surface area contributed by atoms with E-state index in [1.807, 2.05) is 6.92 Å². The fourth-order valence-electron chi connectivity index (χ4n) is 1.58. The summed E-state index contributed by atoms with van der Waals surface area (Å²) in [6, 6.07) is 0. The van der Waals surface area contributed by atoms with Crippen LogP contribution in [-0.2, 0) is 4.79 Å². The number of aliphatic imine (C=N–C) groups is 1. The van der Waals surface area contributed by atoms with E-state index in [-0.39, 0.29) is 5.91 Å². The van der Waals surface area contributed by atoms with Gasteiger partial charge in [0.25, 0.3) is 0 Å². The van der Waals surface area contributed by atoms with Crippen LogP contribution in [0.25, 0.3) is 0 Å². The van der Waals surface area contributed by atoms with E-state index < -0.39 is 0 Å². The van der Waals surface area contributed by atoms with Crippen LogP contribution in [0.1, 0.15) is 46.0 Å². The Hall–Kier alpha value is -1.26. The van der Waals surface area contributed by atoms with Gasteiger partial charge in [-0.05, 0) is 13.3 Å². The Morgan fingerprint density at radius 2 is 1.84 bits per heavy atom. The minimum atomic E-state index is 0.131. The summed E-state index contributed by atoms with van der Waals surface area (Å²) in [5.74, 6) is 0.942. The quantitative estimate of drug-likeness (QED) is 0.380. The number of rotatable bonds is 9. The molecule has 0 aliphatic carbocycles. The Labute approximate surface area is 117 Å². The topological polar surface area (TPSA) is 56.7 Å². The van der Waals surface area contributed by atoms with E-state index in [1.165, 1.54) is 19.3 Å². The molecule has 0 aromatic rings. The predicted octanol–water partition coefficient (Wildman–Crippen LogP) is 1.60. The second-order valence-corrected chi connectivity index (χ2v) is 4.79. The van der Waals surface area contributed by atoms with Gasteiger partial charge in [-0.2, -0.15) is 0 Å². The summed E-state index contributed by atoms with van der Waals surface area (Å²) in [7, 11) is 3.55. The van der Waals surface area contributed by atoms with Gasteiger partial charge < -0.3 is 15.5 Å². The molecule has 0 fully saturated rings. The Morgan fingerprint density at radius 1 is 1.11 bits per heavy atom. The SMILES string of the molecule is CCCCCCN=C(NCC)NCCC(=O)N(C)C. The summed E-state index contributed by atoms with van der Waals surface area (Å²) < 4.78 is 0. The molecule has 0 radical (unpaired) electrons. The Bertz CT molecular complexity index is 264. The van der Waals surface area contributed by atoms with Gasteiger partial charge in [0.15, 0.2) is 5.96 Å². The summed E-state index contributed by atoms with van der Waals surface area (Å²) >= 11 is 0. The van der Waals surface area contributed by atoms with Gasteiger partial charge >= 0.3 is 0 Å². The van der Waals surface area contributed by atoms with Gasteiger partial charge in [0.1, 0.15) is 0 Å². The smallest absolute Gasteiger partial charge is 0.223 e. The van der Waals surface area contributed by atoms with Crippen LogP contribution < -0.4 is 10.6 Å². The maximum Gasteiger partial charge on any atom is 0.223 e. The third-order valence-corrected chi connectivity index (χ3v) is 2.76. The van der Waals surface area contributed by atoms with Crippen molar-refractivity contribution in [2.75, 3.05) is 33.7 Å². The first-order valence-corrected chi connectivity index (χ1v) is 7.34. The molecule has 0 spiro atoms. The Morgan fingerprint density at radius 3 is 2.42 bits per heavy atom. The number of hydrogen-bond donors (Lipinski definition) is 2. The van der Waals surface area contributed by atoms with Crippen molar-refractivity contribution in [1.82, 2.24) is 15.5 Å². The van der Waals surface area contributed by atoms with Crippen LogP contribution in [-0.4, -0.2) is 50.5 Å². The number of hydrogen-bond acceptors (Lipinski definition) is 2. The molecule has 0 atom stereocenters. The van der Waals surface area contributed by atoms with Gasteiger partial charge in [-0.25, -0.2) is 0 Å². The lowest BCUT2D eigenvalue weighted by Crippen LogP contribution is -2.39. The second kappa shape index (κ2) is 11.8. The molecule has 5 nitrogen and oxygen atoms in total. The standard InChI is InChI=1S/C14H30N4O/c1-5-7-8-9-11-16-14(15-6-2)17-12-10-13(19)18(3)4/h5-12H2,1-4H3,(H2,15,16,17). The molecular weight excluding hydrogens is 240 g/mol. The van der Waals surface area contributed by atoms with E-state index in [2.05, 4.69) is 22.5 Å². The number of guanidine groups is 1. The second-order valence-electron chi connectivity index (χ2n) is 4.79. The molecule has 0 aliphatic rings. The van der Waals surface area contributed by atoms with Gasteiger partial charge in [0.2, 0.25) is 5.91 Å². The van der Waals surface area contributed by atoms with Gasteiger partial charge in [0.05, 0.1) is 0 Å². The van der Waals surface area contributed by atoms with Crippen molar-refractivity contribution in [3.8, 4) is 0 Å². The molecule has 1 amide bonds. The largest absolute Gasteiger partial charge is 0.357 e. The maximum absolute atomic E-state index is 11.4. The molecule has 19 heavy (non-hydrogen) atoms. The zero-order valence-corrected chi connectivity index (χ0v) is 13.0. The van der Waals surface area contributed by atoms with Gasteiger partial charge in [-0.1, -0.05) is 26.2 Å². The van der Waals surface area contributed by atoms with Crippen LogP contribution in [0.2, 0.25) is 0 Å². The van der Waals surface area contributed by atoms with E-state index in [0.29, 0.717) is 13.0 Å². The third kappa shape index (κ3) is 10.4. The van der Waals surface area contributed by atoms with Crippen LogP contribution in [0.5, 0.6) is 0 Å². The van der Waals surface area contributed by atoms with Crippen LogP contribution in [0.15, 0.2) is 4.99 Å². The maximum atomic E-state index is 11.4. The molecule has 0 aromatic heterocycles. The molecule has 0 aromatic carbocycles. The van der Waals surface area contributed by atoms with Gasteiger partial charge in [-0.15, -0.1) is 0 Å². The van der Waals surface area contributed by atoms with E-state index in [0.717, 1.165) is 25.5 Å². The zero-order chi connectivity index (χ0) is 14.5. The monoisotopic (exact) mass is 270 g/mol. The molecule has 5 heteroatoms. The number of amides is 1. The van der Waals surface area contributed by atoms with Crippen molar-refractivity contribution >= 4 is 11.9 Å². The lowest BCUT2D eigenvalue weighted by molar-refractivity contribution is -0.128. The first-order valence-electron chi connectivity index (χ1n) is 7.34. The summed E-state index contributed by atoms with van der Waals surface area (Å²) in [6.07, 6.45) is 5.37. The Balaban J connectivity index is 3.90. The average molecular weight is 270 g/mol. The first kappa shape index (κ1) is 17.7. The first-order chi connectivity index (χ1) is 9.11. The molecule has 0 rings (SSSR count).